The molecule has 0 aliphatic carbocycles. The van der Waals surface area contributed by atoms with Gasteiger partial charge in [-0.25, -0.2) is 0 Å². The highest BCUT2D eigenvalue weighted by Gasteiger charge is 2.47. The number of hydrogen-bond donors (Lipinski definition) is 2. The number of hydrogen-bond acceptors (Lipinski definition) is 4. The second kappa shape index (κ2) is 5.49. The number of aliphatic hydroxyl groups is 1. The lowest BCUT2D eigenvalue weighted by molar-refractivity contribution is -0.0806. The minimum absolute atomic E-state index is 0.0571. The summed E-state index contributed by atoms with van der Waals surface area (Å²) in [7, 11) is 1.66. The molecule has 0 amide bonds. The van der Waals surface area contributed by atoms with Gasteiger partial charge in [0.15, 0.2) is 0 Å². The lowest BCUT2D eigenvalue weighted by Crippen LogP contribution is -2.60. The zero-order valence-electron chi connectivity index (χ0n) is 11.8. The third-order valence-electron chi connectivity index (χ3n) is 4.05. The van der Waals surface area contributed by atoms with Gasteiger partial charge in [-0.15, -0.1) is 0 Å². The average Bonchev–Trinajstić information content (AvgIpc) is 2.36. The number of rotatable bonds is 5. The Morgan fingerprint density at radius 2 is 2.11 bits per heavy atom. The molecule has 3 N–H and O–H groups in total. The first-order chi connectivity index (χ1) is 9.05. The van der Waals surface area contributed by atoms with Crippen molar-refractivity contribution >= 4 is 0 Å². The summed E-state index contributed by atoms with van der Waals surface area (Å²) in [5.74, 6) is 1.25. The minimum Gasteiger partial charge on any atom is -0.496 e. The molecule has 2 rings (SSSR count). The fourth-order valence-electron chi connectivity index (χ4n) is 2.54. The number of methoxy groups -OCH3 is 1. The highest BCUT2D eigenvalue weighted by atomic mass is 16.5. The third kappa shape index (κ3) is 2.36. The average molecular weight is 265 g/mol. The molecule has 1 unspecified atom stereocenters. The van der Waals surface area contributed by atoms with E-state index in [0.717, 1.165) is 11.3 Å². The normalized spacial score (nSPS) is 19.1. The monoisotopic (exact) mass is 265 g/mol. The molecule has 0 bridgehead atoms. The second-order valence-electron chi connectivity index (χ2n) is 5.55. The van der Waals surface area contributed by atoms with Crippen molar-refractivity contribution in [1.82, 2.24) is 0 Å². The van der Waals surface area contributed by atoms with Crippen molar-refractivity contribution in [2.24, 2.45) is 5.73 Å². The predicted octanol–water partition coefficient (Wildman–Crippen LogP) is 1.41. The van der Waals surface area contributed by atoms with Gasteiger partial charge in [0.2, 0.25) is 0 Å². The SMILES string of the molecule is COc1ccc(C(C)C)cc1C1(C(N)CO)COC1. The van der Waals surface area contributed by atoms with Crippen molar-refractivity contribution in [2.75, 3.05) is 26.9 Å². The molecule has 1 aliphatic rings. The Morgan fingerprint density at radius 1 is 1.42 bits per heavy atom. The second-order valence-corrected chi connectivity index (χ2v) is 5.55. The molecule has 1 aliphatic heterocycles. The van der Waals surface area contributed by atoms with E-state index in [4.69, 9.17) is 15.2 Å². The van der Waals surface area contributed by atoms with Gasteiger partial charge in [-0.05, 0) is 17.5 Å². The van der Waals surface area contributed by atoms with Gasteiger partial charge in [-0.2, -0.15) is 0 Å². The van der Waals surface area contributed by atoms with Crippen LogP contribution in [0.25, 0.3) is 0 Å². The van der Waals surface area contributed by atoms with Crippen molar-refractivity contribution in [3.05, 3.63) is 29.3 Å². The van der Waals surface area contributed by atoms with Crippen molar-refractivity contribution in [1.29, 1.82) is 0 Å². The summed E-state index contributed by atoms with van der Waals surface area (Å²) in [6, 6.07) is 5.86. The van der Waals surface area contributed by atoms with Crippen LogP contribution in [-0.4, -0.2) is 38.1 Å². The summed E-state index contributed by atoms with van der Waals surface area (Å²) >= 11 is 0. The molecule has 106 valence electrons. The Kier molecular flexibility index (Phi) is 4.13. The summed E-state index contributed by atoms with van der Waals surface area (Å²) in [5, 5.41) is 9.42. The van der Waals surface area contributed by atoms with Gasteiger partial charge < -0.3 is 20.3 Å². The van der Waals surface area contributed by atoms with Crippen LogP contribution >= 0.6 is 0 Å². The molecule has 1 atom stereocenters. The van der Waals surface area contributed by atoms with Crippen LogP contribution in [0.3, 0.4) is 0 Å². The van der Waals surface area contributed by atoms with Crippen molar-refractivity contribution in [3.63, 3.8) is 0 Å². The molecule has 1 fully saturated rings. The fraction of sp³-hybridized carbons (Fsp3) is 0.600. The van der Waals surface area contributed by atoms with E-state index in [-0.39, 0.29) is 18.1 Å². The molecular formula is C15H23NO3. The number of ether oxygens (including phenoxy) is 2. The third-order valence-corrected chi connectivity index (χ3v) is 4.05. The lowest BCUT2D eigenvalue weighted by Gasteiger charge is -2.46. The lowest BCUT2D eigenvalue weighted by atomic mass is 9.72. The maximum absolute atomic E-state index is 9.42. The first-order valence-electron chi connectivity index (χ1n) is 6.67. The maximum atomic E-state index is 9.42. The molecule has 1 saturated heterocycles. The van der Waals surface area contributed by atoms with Gasteiger partial charge in [0, 0.05) is 11.6 Å². The minimum atomic E-state index is -0.336. The van der Waals surface area contributed by atoms with Crippen LogP contribution < -0.4 is 10.5 Å². The molecule has 0 aromatic heterocycles. The van der Waals surface area contributed by atoms with Crippen LogP contribution in [0, 0.1) is 0 Å². The van der Waals surface area contributed by atoms with Crippen LogP contribution in [0.5, 0.6) is 5.75 Å². The van der Waals surface area contributed by atoms with Crippen molar-refractivity contribution in [3.8, 4) is 5.75 Å². The Hall–Kier alpha value is -1.10. The van der Waals surface area contributed by atoms with Gasteiger partial charge in [0.25, 0.3) is 0 Å². The molecule has 1 aromatic carbocycles. The Morgan fingerprint density at radius 3 is 2.53 bits per heavy atom. The first-order valence-corrected chi connectivity index (χ1v) is 6.67. The van der Waals surface area contributed by atoms with E-state index in [1.807, 2.05) is 6.07 Å². The molecular weight excluding hydrogens is 242 g/mol. The summed E-state index contributed by atoms with van der Waals surface area (Å²) < 4.78 is 10.8. The summed E-state index contributed by atoms with van der Waals surface area (Å²) in [4.78, 5) is 0. The van der Waals surface area contributed by atoms with E-state index < -0.39 is 0 Å². The van der Waals surface area contributed by atoms with Crippen LogP contribution in [0.4, 0.5) is 0 Å². The Balaban J connectivity index is 2.49. The van der Waals surface area contributed by atoms with Crippen LogP contribution in [0.15, 0.2) is 18.2 Å². The predicted molar refractivity (Wildman–Crippen MR) is 74.6 cm³/mol. The van der Waals surface area contributed by atoms with E-state index in [0.29, 0.717) is 19.1 Å². The Bertz CT molecular complexity index is 441. The van der Waals surface area contributed by atoms with Crippen LogP contribution in [0.2, 0.25) is 0 Å². The van der Waals surface area contributed by atoms with Crippen LogP contribution in [0.1, 0.15) is 30.9 Å². The highest BCUT2D eigenvalue weighted by Crippen LogP contribution is 2.41. The van der Waals surface area contributed by atoms with Gasteiger partial charge in [-0.1, -0.05) is 26.0 Å². The first kappa shape index (κ1) is 14.3. The van der Waals surface area contributed by atoms with Gasteiger partial charge in [-0.3, -0.25) is 0 Å². The van der Waals surface area contributed by atoms with Gasteiger partial charge in [0.05, 0.1) is 32.3 Å². The maximum Gasteiger partial charge on any atom is 0.122 e. The summed E-state index contributed by atoms with van der Waals surface area (Å²) in [6.07, 6.45) is 0. The van der Waals surface area contributed by atoms with Gasteiger partial charge >= 0.3 is 0 Å². The van der Waals surface area contributed by atoms with E-state index in [1.165, 1.54) is 5.56 Å². The van der Waals surface area contributed by atoms with Gasteiger partial charge in [0.1, 0.15) is 5.75 Å². The molecule has 0 radical (unpaired) electrons. The molecule has 0 spiro atoms. The quantitative estimate of drug-likeness (QED) is 0.845. The van der Waals surface area contributed by atoms with E-state index in [2.05, 4.69) is 26.0 Å². The standard InChI is InChI=1S/C15H23NO3/c1-10(2)11-4-5-13(18-3)12(6-11)15(8-19-9-15)14(16)7-17/h4-6,10,14,17H,7-9,16H2,1-3H3. The van der Waals surface area contributed by atoms with E-state index in [9.17, 15) is 5.11 Å². The fourth-order valence-corrected chi connectivity index (χ4v) is 2.54. The van der Waals surface area contributed by atoms with Crippen LogP contribution in [-0.2, 0) is 10.2 Å². The smallest absolute Gasteiger partial charge is 0.122 e. The molecule has 19 heavy (non-hydrogen) atoms. The van der Waals surface area contributed by atoms with E-state index in [1.54, 1.807) is 7.11 Å². The van der Waals surface area contributed by atoms with Crippen molar-refractivity contribution < 1.29 is 14.6 Å². The number of aliphatic hydroxyl groups excluding tert-OH is 1. The zero-order valence-corrected chi connectivity index (χ0v) is 11.8. The number of benzene rings is 1. The molecule has 4 nitrogen and oxygen atoms in total. The Labute approximate surface area is 114 Å². The zero-order chi connectivity index (χ0) is 14.0. The van der Waals surface area contributed by atoms with E-state index >= 15 is 0 Å². The molecule has 1 heterocycles. The highest BCUT2D eigenvalue weighted by molar-refractivity contribution is 5.46. The molecule has 0 saturated carbocycles. The van der Waals surface area contributed by atoms with Crippen molar-refractivity contribution in [2.45, 2.75) is 31.2 Å². The summed E-state index contributed by atoms with van der Waals surface area (Å²) in [5.41, 5.74) is 8.07. The largest absolute Gasteiger partial charge is 0.496 e. The number of nitrogens with two attached hydrogens (primary N) is 1. The topological polar surface area (TPSA) is 64.7 Å². The molecule has 1 aromatic rings. The summed E-state index contributed by atoms with van der Waals surface area (Å²) in [6.45, 7) is 5.32. The molecule has 4 heteroatoms.